The summed E-state index contributed by atoms with van der Waals surface area (Å²) < 4.78 is 5.12. The van der Waals surface area contributed by atoms with Gasteiger partial charge in [0.2, 0.25) is 0 Å². The topological polar surface area (TPSA) is 63.6 Å². The number of carboxylic acids is 1. The Morgan fingerprint density at radius 3 is 2.44 bits per heavy atom. The van der Waals surface area contributed by atoms with Gasteiger partial charge in [-0.3, -0.25) is 4.79 Å². The highest BCUT2D eigenvalue weighted by Gasteiger charge is 2.20. The van der Waals surface area contributed by atoms with Gasteiger partial charge in [0, 0.05) is 5.56 Å². The van der Waals surface area contributed by atoms with E-state index in [1.54, 1.807) is 13.2 Å². The first-order valence-corrected chi connectivity index (χ1v) is 4.97. The van der Waals surface area contributed by atoms with Crippen molar-refractivity contribution in [2.45, 2.75) is 20.3 Å². The fraction of sp³-hybridized carbons (Fsp3) is 0.333. The van der Waals surface area contributed by atoms with Crippen molar-refractivity contribution in [2.75, 3.05) is 7.11 Å². The zero-order valence-corrected chi connectivity index (χ0v) is 9.53. The molecule has 0 aliphatic rings. The van der Waals surface area contributed by atoms with E-state index in [-0.39, 0.29) is 5.56 Å². The van der Waals surface area contributed by atoms with Crippen LogP contribution in [0.1, 0.15) is 28.4 Å². The second-order valence-corrected chi connectivity index (χ2v) is 3.41. The Morgan fingerprint density at radius 1 is 1.38 bits per heavy atom. The molecular weight excluding hydrogens is 208 g/mol. The number of hydrogen-bond donors (Lipinski definition) is 1. The number of benzene rings is 1. The Bertz CT molecular complexity index is 435. The van der Waals surface area contributed by atoms with Crippen molar-refractivity contribution >= 4 is 11.8 Å². The van der Waals surface area contributed by atoms with Gasteiger partial charge in [0.05, 0.1) is 7.11 Å². The van der Waals surface area contributed by atoms with Crippen molar-refractivity contribution in [3.63, 3.8) is 0 Å². The van der Waals surface area contributed by atoms with Crippen LogP contribution in [0.15, 0.2) is 12.1 Å². The van der Waals surface area contributed by atoms with Crippen molar-refractivity contribution in [3.8, 4) is 5.75 Å². The van der Waals surface area contributed by atoms with E-state index in [9.17, 15) is 9.59 Å². The van der Waals surface area contributed by atoms with Gasteiger partial charge in [-0.2, -0.15) is 0 Å². The number of methoxy groups -OCH3 is 1. The quantitative estimate of drug-likeness (QED) is 0.623. The first-order valence-electron chi connectivity index (χ1n) is 4.97. The number of ether oxygens (including phenoxy) is 1. The molecule has 1 aromatic rings. The molecule has 1 rings (SSSR count). The number of ketones is 1. The van der Waals surface area contributed by atoms with Gasteiger partial charge < -0.3 is 9.84 Å². The van der Waals surface area contributed by atoms with Crippen molar-refractivity contribution in [3.05, 3.63) is 28.8 Å². The molecule has 1 N–H and O–H groups in total. The fourth-order valence-corrected chi connectivity index (χ4v) is 1.74. The summed E-state index contributed by atoms with van der Waals surface area (Å²) in [7, 11) is 1.54. The van der Waals surface area contributed by atoms with Crippen LogP contribution < -0.4 is 4.74 Å². The van der Waals surface area contributed by atoms with Crippen molar-refractivity contribution in [2.24, 2.45) is 0 Å². The monoisotopic (exact) mass is 222 g/mol. The maximum absolute atomic E-state index is 11.4. The molecule has 0 radical (unpaired) electrons. The van der Waals surface area contributed by atoms with Crippen LogP contribution in [-0.2, 0) is 11.2 Å². The number of rotatable bonds is 4. The molecule has 0 aliphatic heterocycles. The molecule has 0 saturated carbocycles. The second-order valence-electron chi connectivity index (χ2n) is 3.41. The van der Waals surface area contributed by atoms with Gasteiger partial charge in [-0.1, -0.05) is 6.92 Å². The van der Waals surface area contributed by atoms with Crippen LogP contribution in [0.2, 0.25) is 0 Å². The highest BCUT2D eigenvalue weighted by Crippen LogP contribution is 2.25. The molecule has 4 nitrogen and oxygen atoms in total. The molecule has 0 fully saturated rings. The molecule has 4 heteroatoms. The summed E-state index contributed by atoms with van der Waals surface area (Å²) in [6.45, 7) is 3.69. The number of Topliss-reactive ketones (excluding diaryl/α,β-unsaturated/α-hetero) is 1. The average molecular weight is 222 g/mol. The minimum absolute atomic E-state index is 0.244. The number of carboxylic acid groups (broad SMARTS) is 1. The Labute approximate surface area is 93.9 Å². The van der Waals surface area contributed by atoms with Crippen LogP contribution in [0.5, 0.6) is 5.75 Å². The van der Waals surface area contributed by atoms with Crippen molar-refractivity contribution in [1.29, 1.82) is 0 Å². The van der Waals surface area contributed by atoms with E-state index in [1.165, 1.54) is 6.07 Å². The van der Waals surface area contributed by atoms with Gasteiger partial charge in [-0.15, -0.1) is 0 Å². The normalized spacial score (nSPS) is 9.94. The smallest absolute Gasteiger partial charge is 0.377 e. The predicted molar refractivity (Wildman–Crippen MR) is 59.1 cm³/mol. The lowest BCUT2D eigenvalue weighted by Gasteiger charge is -2.12. The van der Waals surface area contributed by atoms with Crippen LogP contribution in [0.25, 0.3) is 0 Å². The van der Waals surface area contributed by atoms with E-state index in [0.717, 1.165) is 11.1 Å². The van der Waals surface area contributed by atoms with Crippen molar-refractivity contribution < 1.29 is 19.4 Å². The molecular formula is C12H14O4. The van der Waals surface area contributed by atoms with Gasteiger partial charge in [0.15, 0.2) is 0 Å². The zero-order chi connectivity index (χ0) is 12.3. The summed E-state index contributed by atoms with van der Waals surface area (Å²) in [5, 5.41) is 8.69. The summed E-state index contributed by atoms with van der Waals surface area (Å²) in [6.07, 6.45) is 0.595. The summed E-state index contributed by atoms with van der Waals surface area (Å²) in [5.41, 5.74) is 1.79. The average Bonchev–Trinajstić information content (AvgIpc) is 2.27. The number of carbonyl (C=O) groups is 2. The number of aliphatic carboxylic acids is 1. The SMILES string of the molecule is CCc1c(C(=O)C(=O)O)ccc(OC)c1C. The third-order valence-electron chi connectivity index (χ3n) is 2.56. The van der Waals surface area contributed by atoms with E-state index in [2.05, 4.69) is 0 Å². The molecule has 0 aliphatic carbocycles. The zero-order valence-electron chi connectivity index (χ0n) is 9.53. The molecule has 0 atom stereocenters. The molecule has 0 heterocycles. The Morgan fingerprint density at radius 2 is 2.00 bits per heavy atom. The number of carbonyl (C=O) groups excluding carboxylic acids is 1. The van der Waals surface area contributed by atoms with E-state index >= 15 is 0 Å². The third-order valence-corrected chi connectivity index (χ3v) is 2.56. The van der Waals surface area contributed by atoms with Gasteiger partial charge in [0.1, 0.15) is 5.75 Å². The highest BCUT2D eigenvalue weighted by molar-refractivity contribution is 6.40. The van der Waals surface area contributed by atoms with E-state index in [0.29, 0.717) is 12.2 Å². The molecule has 1 aromatic carbocycles. The minimum atomic E-state index is -1.43. The highest BCUT2D eigenvalue weighted by atomic mass is 16.5. The molecule has 0 spiro atoms. The van der Waals surface area contributed by atoms with Crippen LogP contribution in [0.4, 0.5) is 0 Å². The Hall–Kier alpha value is -1.84. The van der Waals surface area contributed by atoms with Gasteiger partial charge in [-0.05, 0) is 36.6 Å². The lowest BCUT2D eigenvalue weighted by Crippen LogP contribution is -2.15. The molecule has 0 aromatic heterocycles. The first kappa shape index (κ1) is 12.2. The second kappa shape index (κ2) is 4.79. The third kappa shape index (κ3) is 2.05. The van der Waals surface area contributed by atoms with Crippen molar-refractivity contribution in [1.82, 2.24) is 0 Å². The Kier molecular flexibility index (Phi) is 3.66. The molecule has 86 valence electrons. The van der Waals surface area contributed by atoms with Gasteiger partial charge >= 0.3 is 5.97 Å². The van der Waals surface area contributed by atoms with E-state index in [1.807, 2.05) is 13.8 Å². The van der Waals surface area contributed by atoms with E-state index < -0.39 is 11.8 Å². The Balaban J connectivity index is 3.37. The predicted octanol–water partition coefficient (Wildman–Crippen LogP) is 1.83. The fourth-order valence-electron chi connectivity index (χ4n) is 1.74. The molecule has 0 saturated heterocycles. The first-order chi connectivity index (χ1) is 7.52. The summed E-state index contributed by atoms with van der Waals surface area (Å²) in [5.74, 6) is -1.64. The van der Waals surface area contributed by atoms with Crippen LogP contribution >= 0.6 is 0 Å². The van der Waals surface area contributed by atoms with Gasteiger partial charge in [-0.25, -0.2) is 4.79 Å². The molecule has 0 amide bonds. The minimum Gasteiger partial charge on any atom is -0.496 e. The molecule has 0 unspecified atom stereocenters. The maximum Gasteiger partial charge on any atom is 0.377 e. The maximum atomic E-state index is 11.4. The summed E-state index contributed by atoms with van der Waals surface area (Å²) in [4.78, 5) is 22.1. The number of hydrogen-bond acceptors (Lipinski definition) is 3. The molecule has 16 heavy (non-hydrogen) atoms. The lowest BCUT2D eigenvalue weighted by atomic mass is 9.96. The van der Waals surface area contributed by atoms with Crippen LogP contribution in [0.3, 0.4) is 0 Å². The largest absolute Gasteiger partial charge is 0.496 e. The van der Waals surface area contributed by atoms with E-state index in [4.69, 9.17) is 9.84 Å². The standard InChI is InChI=1S/C12H14O4/c1-4-8-7(2)10(16-3)6-5-9(8)11(13)12(14)15/h5-6H,4H2,1-3H3,(H,14,15). The lowest BCUT2D eigenvalue weighted by molar-refractivity contribution is -0.131. The van der Waals surface area contributed by atoms with Gasteiger partial charge in [0.25, 0.3) is 5.78 Å². The summed E-state index contributed by atoms with van der Waals surface area (Å²) >= 11 is 0. The van der Waals surface area contributed by atoms with Crippen LogP contribution in [0, 0.1) is 6.92 Å². The van der Waals surface area contributed by atoms with Crippen LogP contribution in [-0.4, -0.2) is 24.0 Å². The molecule has 0 bridgehead atoms. The summed E-state index contributed by atoms with van der Waals surface area (Å²) in [6, 6.07) is 3.12.